The average Bonchev–Trinajstić information content (AvgIpc) is 2.45. The van der Waals surface area contributed by atoms with E-state index in [-0.39, 0.29) is 18.4 Å². The lowest BCUT2D eigenvalue weighted by atomic mass is 10.2. The lowest BCUT2D eigenvalue weighted by Gasteiger charge is -2.19. The molecular formula is C15H17N3O2. The van der Waals surface area contributed by atoms with Gasteiger partial charge in [0, 0.05) is 26.5 Å². The fourth-order valence-corrected chi connectivity index (χ4v) is 1.80. The van der Waals surface area contributed by atoms with E-state index in [2.05, 4.69) is 4.98 Å². The Balaban J connectivity index is 2.20. The Hall–Kier alpha value is -2.43. The molecule has 0 fully saturated rings. The van der Waals surface area contributed by atoms with Crippen LogP contribution in [-0.2, 0) is 4.79 Å². The second kappa shape index (κ2) is 5.69. The third-order valence-electron chi connectivity index (χ3n) is 3.04. The number of rotatable bonds is 3. The summed E-state index contributed by atoms with van der Waals surface area (Å²) in [6.45, 7) is 0.0420. The normalized spacial score (nSPS) is 10.3. The van der Waals surface area contributed by atoms with E-state index in [1.165, 1.54) is 9.80 Å². The smallest absolute Gasteiger partial charge is 0.272 e. The van der Waals surface area contributed by atoms with Gasteiger partial charge >= 0.3 is 0 Å². The first-order valence-corrected chi connectivity index (χ1v) is 6.30. The summed E-state index contributed by atoms with van der Waals surface area (Å²) in [7, 11) is 4.92. The van der Waals surface area contributed by atoms with Crippen LogP contribution in [0.3, 0.4) is 0 Å². The van der Waals surface area contributed by atoms with Crippen molar-refractivity contribution < 1.29 is 9.59 Å². The monoisotopic (exact) mass is 271 g/mol. The summed E-state index contributed by atoms with van der Waals surface area (Å²) in [5.41, 5.74) is 1.11. The molecule has 0 bridgehead atoms. The van der Waals surface area contributed by atoms with Crippen molar-refractivity contribution >= 4 is 22.7 Å². The first-order chi connectivity index (χ1) is 9.49. The highest BCUT2D eigenvalue weighted by Gasteiger charge is 2.17. The fourth-order valence-electron chi connectivity index (χ4n) is 1.80. The van der Waals surface area contributed by atoms with Crippen molar-refractivity contribution in [2.24, 2.45) is 0 Å². The highest BCUT2D eigenvalue weighted by molar-refractivity contribution is 5.96. The van der Waals surface area contributed by atoms with Crippen molar-refractivity contribution in [1.29, 1.82) is 0 Å². The van der Waals surface area contributed by atoms with Crippen LogP contribution in [0, 0.1) is 0 Å². The molecule has 0 aliphatic rings. The molecule has 0 saturated heterocycles. The SMILES string of the molecule is CN(C)C(=O)CN(C)C(=O)c1ccc2ccccc2n1. The molecule has 1 aromatic heterocycles. The Labute approximate surface area is 117 Å². The lowest BCUT2D eigenvalue weighted by molar-refractivity contribution is -0.129. The van der Waals surface area contributed by atoms with Crippen molar-refractivity contribution in [3.8, 4) is 0 Å². The van der Waals surface area contributed by atoms with E-state index in [1.807, 2.05) is 30.3 Å². The van der Waals surface area contributed by atoms with Crippen molar-refractivity contribution in [1.82, 2.24) is 14.8 Å². The van der Waals surface area contributed by atoms with E-state index in [4.69, 9.17) is 0 Å². The lowest BCUT2D eigenvalue weighted by Crippen LogP contribution is -2.38. The van der Waals surface area contributed by atoms with Gasteiger partial charge < -0.3 is 9.80 Å². The van der Waals surface area contributed by atoms with Gasteiger partial charge in [0.05, 0.1) is 12.1 Å². The van der Waals surface area contributed by atoms with Crippen LogP contribution in [0.25, 0.3) is 10.9 Å². The summed E-state index contributed by atoms with van der Waals surface area (Å²) in [5.74, 6) is -0.382. The maximum Gasteiger partial charge on any atom is 0.272 e. The highest BCUT2D eigenvalue weighted by atomic mass is 16.2. The molecule has 0 spiro atoms. The molecule has 1 heterocycles. The minimum Gasteiger partial charge on any atom is -0.347 e. The summed E-state index contributed by atoms with van der Waals surface area (Å²) in [6, 6.07) is 11.1. The number of hydrogen-bond acceptors (Lipinski definition) is 3. The van der Waals surface area contributed by atoms with Crippen molar-refractivity contribution in [2.75, 3.05) is 27.7 Å². The second-order valence-corrected chi connectivity index (χ2v) is 4.84. The molecule has 1 aromatic carbocycles. The quantitative estimate of drug-likeness (QED) is 0.848. The van der Waals surface area contributed by atoms with Crippen LogP contribution >= 0.6 is 0 Å². The number of nitrogens with zero attached hydrogens (tertiary/aromatic N) is 3. The number of carbonyl (C=O) groups excluding carboxylic acids is 2. The van der Waals surface area contributed by atoms with E-state index in [1.54, 1.807) is 27.2 Å². The zero-order valence-electron chi connectivity index (χ0n) is 11.8. The maximum atomic E-state index is 12.2. The predicted molar refractivity (Wildman–Crippen MR) is 77.4 cm³/mol. The van der Waals surface area contributed by atoms with Crippen molar-refractivity contribution in [3.05, 3.63) is 42.1 Å². The maximum absolute atomic E-state index is 12.2. The number of amides is 2. The number of hydrogen-bond donors (Lipinski definition) is 0. The fraction of sp³-hybridized carbons (Fsp3) is 0.267. The number of para-hydroxylation sites is 1. The van der Waals surface area contributed by atoms with Gasteiger partial charge in [-0.3, -0.25) is 9.59 Å². The first kappa shape index (κ1) is 14.0. The zero-order chi connectivity index (χ0) is 14.7. The standard InChI is InChI=1S/C15H17N3O2/c1-17(2)14(19)10-18(3)15(20)13-9-8-11-6-4-5-7-12(11)16-13/h4-9H,10H2,1-3H3. The molecule has 0 radical (unpaired) electrons. The number of pyridine rings is 1. The summed E-state index contributed by atoms with van der Waals surface area (Å²) < 4.78 is 0. The number of aromatic nitrogens is 1. The van der Waals surface area contributed by atoms with Crippen LogP contribution in [0.4, 0.5) is 0 Å². The summed E-state index contributed by atoms with van der Waals surface area (Å²) >= 11 is 0. The van der Waals surface area contributed by atoms with Gasteiger partial charge in [0.25, 0.3) is 5.91 Å². The molecule has 5 heteroatoms. The van der Waals surface area contributed by atoms with Gasteiger partial charge in [0.1, 0.15) is 5.69 Å². The molecule has 0 atom stereocenters. The summed E-state index contributed by atoms with van der Waals surface area (Å²) in [4.78, 5) is 31.0. The molecular weight excluding hydrogens is 254 g/mol. The number of benzene rings is 1. The zero-order valence-corrected chi connectivity index (χ0v) is 11.8. The minimum absolute atomic E-state index is 0.0420. The van der Waals surface area contributed by atoms with Gasteiger partial charge in [0.2, 0.25) is 5.91 Å². The van der Waals surface area contributed by atoms with Crippen LogP contribution in [0.5, 0.6) is 0 Å². The van der Waals surface area contributed by atoms with Gasteiger partial charge in [-0.05, 0) is 12.1 Å². The molecule has 0 aliphatic carbocycles. The molecule has 0 aliphatic heterocycles. The van der Waals surface area contributed by atoms with Crippen molar-refractivity contribution in [2.45, 2.75) is 0 Å². The first-order valence-electron chi connectivity index (χ1n) is 6.30. The molecule has 2 aromatic rings. The van der Waals surface area contributed by atoms with Gasteiger partial charge in [-0.1, -0.05) is 24.3 Å². The number of fused-ring (bicyclic) bond motifs is 1. The molecule has 2 amide bonds. The average molecular weight is 271 g/mol. The van der Waals surface area contributed by atoms with Crippen molar-refractivity contribution in [3.63, 3.8) is 0 Å². The molecule has 104 valence electrons. The third-order valence-corrected chi connectivity index (χ3v) is 3.04. The van der Waals surface area contributed by atoms with Gasteiger partial charge in [0.15, 0.2) is 0 Å². The topological polar surface area (TPSA) is 53.5 Å². The van der Waals surface area contributed by atoms with E-state index in [9.17, 15) is 9.59 Å². The third kappa shape index (κ3) is 2.93. The largest absolute Gasteiger partial charge is 0.347 e. The predicted octanol–water partition coefficient (Wildman–Crippen LogP) is 1.40. The molecule has 0 unspecified atom stereocenters. The molecule has 5 nitrogen and oxygen atoms in total. The molecule has 0 N–H and O–H groups in total. The molecule has 2 rings (SSSR count). The van der Waals surface area contributed by atoms with Gasteiger partial charge in [-0.15, -0.1) is 0 Å². The second-order valence-electron chi connectivity index (χ2n) is 4.84. The Morgan fingerprint density at radius 1 is 1.05 bits per heavy atom. The van der Waals surface area contributed by atoms with Crippen LogP contribution in [0.1, 0.15) is 10.5 Å². The molecule has 0 saturated carbocycles. The van der Waals surface area contributed by atoms with Crippen LogP contribution < -0.4 is 0 Å². The highest BCUT2D eigenvalue weighted by Crippen LogP contribution is 2.12. The van der Waals surface area contributed by atoms with E-state index >= 15 is 0 Å². The Morgan fingerprint density at radius 3 is 2.45 bits per heavy atom. The Kier molecular flexibility index (Phi) is 3.98. The van der Waals surface area contributed by atoms with E-state index < -0.39 is 0 Å². The van der Waals surface area contributed by atoms with Gasteiger partial charge in [-0.25, -0.2) is 4.98 Å². The van der Waals surface area contributed by atoms with Crippen LogP contribution in [0.2, 0.25) is 0 Å². The minimum atomic E-state index is -0.258. The van der Waals surface area contributed by atoms with Gasteiger partial charge in [-0.2, -0.15) is 0 Å². The Bertz CT molecular complexity index is 652. The van der Waals surface area contributed by atoms with E-state index in [0.29, 0.717) is 5.69 Å². The van der Waals surface area contributed by atoms with Crippen LogP contribution in [-0.4, -0.2) is 54.3 Å². The summed E-state index contributed by atoms with van der Waals surface area (Å²) in [6.07, 6.45) is 0. The summed E-state index contributed by atoms with van der Waals surface area (Å²) in [5, 5.41) is 0.982. The number of likely N-dealkylation sites (N-methyl/N-ethyl adjacent to an activating group) is 2. The van der Waals surface area contributed by atoms with Crippen LogP contribution in [0.15, 0.2) is 36.4 Å². The molecule has 20 heavy (non-hydrogen) atoms. The number of carbonyl (C=O) groups is 2. The van der Waals surface area contributed by atoms with E-state index in [0.717, 1.165) is 10.9 Å². The Morgan fingerprint density at radius 2 is 1.75 bits per heavy atom.